The Hall–Kier alpha value is -3.09. The van der Waals surface area contributed by atoms with E-state index in [1.807, 2.05) is 6.92 Å². The van der Waals surface area contributed by atoms with E-state index in [1.165, 1.54) is 6.07 Å². The van der Waals surface area contributed by atoms with Gasteiger partial charge in [-0.3, -0.25) is 14.9 Å². The van der Waals surface area contributed by atoms with E-state index in [2.05, 4.69) is 5.32 Å². The van der Waals surface area contributed by atoms with Gasteiger partial charge in [-0.1, -0.05) is 12.1 Å². The first-order valence-electron chi connectivity index (χ1n) is 6.98. The highest BCUT2D eigenvalue weighted by atomic mass is 16.6. The van der Waals surface area contributed by atoms with E-state index in [9.17, 15) is 20.0 Å². The van der Waals surface area contributed by atoms with Crippen molar-refractivity contribution in [3.63, 3.8) is 0 Å². The zero-order valence-electron chi connectivity index (χ0n) is 12.5. The van der Waals surface area contributed by atoms with E-state index < -0.39 is 4.92 Å². The predicted molar refractivity (Wildman–Crippen MR) is 84.7 cm³/mol. The van der Waals surface area contributed by atoms with Gasteiger partial charge >= 0.3 is 0 Å². The average Bonchev–Trinajstić information content (AvgIpc) is 2.51. The number of benzene rings is 2. The number of hydrogen-bond acceptors (Lipinski definition) is 5. The molecule has 0 aliphatic rings. The number of nitrogens with zero attached hydrogens (tertiary/aromatic N) is 1. The van der Waals surface area contributed by atoms with Crippen molar-refractivity contribution in [2.75, 3.05) is 11.9 Å². The number of rotatable bonds is 6. The third-order valence-corrected chi connectivity index (χ3v) is 3.06. The standard InChI is InChI=1S/C16H16N2O5/c1-2-23-13-6-3-11(4-7-13)9-16(20)17-14-10-12(18(21)22)5-8-15(14)19/h3-8,10,19H,2,9H2,1H3,(H,17,20). The fraction of sp³-hybridized carbons (Fsp3) is 0.188. The quantitative estimate of drug-likeness (QED) is 0.485. The van der Waals surface area contributed by atoms with Crippen LogP contribution in [-0.4, -0.2) is 22.5 Å². The number of nitro groups is 1. The van der Waals surface area contributed by atoms with Crippen molar-refractivity contribution >= 4 is 17.3 Å². The highest BCUT2D eigenvalue weighted by molar-refractivity contribution is 5.94. The van der Waals surface area contributed by atoms with Gasteiger partial charge < -0.3 is 15.2 Å². The smallest absolute Gasteiger partial charge is 0.271 e. The molecule has 0 saturated carbocycles. The summed E-state index contributed by atoms with van der Waals surface area (Å²) in [6.07, 6.45) is 0.0779. The maximum absolute atomic E-state index is 12.0. The molecule has 0 unspecified atom stereocenters. The van der Waals surface area contributed by atoms with Crippen LogP contribution in [0.1, 0.15) is 12.5 Å². The van der Waals surface area contributed by atoms with Crippen LogP contribution in [0.2, 0.25) is 0 Å². The highest BCUT2D eigenvalue weighted by Gasteiger charge is 2.13. The number of non-ortho nitro benzene ring substituents is 1. The number of hydrogen-bond donors (Lipinski definition) is 2. The molecule has 120 valence electrons. The summed E-state index contributed by atoms with van der Waals surface area (Å²) in [7, 11) is 0. The molecule has 0 fully saturated rings. The van der Waals surface area contributed by atoms with Gasteiger partial charge in [-0.15, -0.1) is 0 Å². The number of phenols is 1. The number of carbonyl (C=O) groups is 1. The summed E-state index contributed by atoms with van der Waals surface area (Å²) in [5, 5.41) is 22.9. The largest absolute Gasteiger partial charge is 0.506 e. The monoisotopic (exact) mass is 316 g/mol. The molecule has 2 N–H and O–H groups in total. The Balaban J connectivity index is 2.04. The van der Waals surface area contributed by atoms with Crippen LogP contribution in [0, 0.1) is 10.1 Å². The molecular weight excluding hydrogens is 300 g/mol. The maximum atomic E-state index is 12.0. The third-order valence-electron chi connectivity index (χ3n) is 3.06. The van der Waals surface area contributed by atoms with Gasteiger partial charge in [-0.05, 0) is 30.7 Å². The molecule has 0 heterocycles. The minimum atomic E-state index is -0.596. The Morgan fingerprint density at radius 1 is 1.26 bits per heavy atom. The normalized spacial score (nSPS) is 10.1. The summed E-state index contributed by atoms with van der Waals surface area (Å²) in [6, 6.07) is 10.5. The number of carbonyl (C=O) groups excluding carboxylic acids is 1. The molecule has 0 aliphatic carbocycles. The van der Waals surface area contributed by atoms with E-state index in [0.717, 1.165) is 17.7 Å². The number of amides is 1. The average molecular weight is 316 g/mol. The lowest BCUT2D eigenvalue weighted by Gasteiger charge is -2.08. The van der Waals surface area contributed by atoms with Gasteiger partial charge in [0.1, 0.15) is 11.5 Å². The van der Waals surface area contributed by atoms with Gasteiger partial charge in [0.2, 0.25) is 5.91 Å². The fourth-order valence-electron chi connectivity index (χ4n) is 1.99. The van der Waals surface area contributed by atoms with Crippen LogP contribution in [-0.2, 0) is 11.2 Å². The summed E-state index contributed by atoms with van der Waals surface area (Å²) in [5.74, 6) is 0.105. The molecule has 0 aliphatic heterocycles. The molecule has 2 aromatic carbocycles. The van der Waals surface area contributed by atoms with E-state index in [1.54, 1.807) is 24.3 Å². The molecule has 7 heteroatoms. The van der Waals surface area contributed by atoms with Crippen LogP contribution < -0.4 is 10.1 Å². The molecule has 0 aromatic heterocycles. The first-order valence-corrected chi connectivity index (χ1v) is 6.98. The summed E-state index contributed by atoms with van der Waals surface area (Å²) in [4.78, 5) is 22.1. The summed E-state index contributed by atoms with van der Waals surface area (Å²) < 4.78 is 5.32. The molecule has 2 aromatic rings. The molecule has 0 spiro atoms. The molecule has 0 saturated heterocycles. The zero-order valence-corrected chi connectivity index (χ0v) is 12.5. The Bertz CT molecular complexity index is 713. The van der Waals surface area contributed by atoms with Crippen molar-refractivity contribution in [3.8, 4) is 11.5 Å². The van der Waals surface area contributed by atoms with Gasteiger partial charge in [0.05, 0.1) is 23.6 Å². The van der Waals surface area contributed by atoms with Crippen LogP contribution in [0.4, 0.5) is 11.4 Å². The molecule has 2 rings (SSSR count). The lowest BCUT2D eigenvalue weighted by molar-refractivity contribution is -0.384. The lowest BCUT2D eigenvalue weighted by atomic mass is 10.1. The summed E-state index contributed by atoms with van der Waals surface area (Å²) >= 11 is 0. The fourth-order valence-corrected chi connectivity index (χ4v) is 1.99. The van der Waals surface area contributed by atoms with Gasteiger partial charge in [-0.25, -0.2) is 0 Å². The first-order chi connectivity index (χ1) is 11.0. The van der Waals surface area contributed by atoms with E-state index >= 15 is 0 Å². The maximum Gasteiger partial charge on any atom is 0.271 e. The molecule has 7 nitrogen and oxygen atoms in total. The predicted octanol–water partition coefficient (Wildman–Crippen LogP) is 2.88. The van der Waals surface area contributed by atoms with E-state index in [-0.39, 0.29) is 29.5 Å². The molecule has 0 radical (unpaired) electrons. The number of nitrogens with one attached hydrogen (secondary N) is 1. The second-order valence-corrected chi connectivity index (χ2v) is 4.76. The first kappa shape index (κ1) is 16.3. The molecule has 1 amide bonds. The molecule has 0 atom stereocenters. The van der Waals surface area contributed by atoms with Crippen LogP contribution in [0.25, 0.3) is 0 Å². The van der Waals surface area contributed by atoms with Crippen LogP contribution in [0.3, 0.4) is 0 Å². The summed E-state index contributed by atoms with van der Waals surface area (Å²) in [6.45, 7) is 2.44. The molecule has 0 bridgehead atoms. The van der Waals surface area contributed by atoms with Crippen molar-refractivity contribution in [2.24, 2.45) is 0 Å². The van der Waals surface area contributed by atoms with Gasteiger partial charge in [0.25, 0.3) is 5.69 Å². The van der Waals surface area contributed by atoms with Crippen molar-refractivity contribution in [1.29, 1.82) is 0 Å². The van der Waals surface area contributed by atoms with Crippen molar-refractivity contribution < 1.29 is 19.6 Å². The minimum absolute atomic E-state index is 0.00939. The highest BCUT2D eigenvalue weighted by Crippen LogP contribution is 2.27. The number of anilines is 1. The second-order valence-electron chi connectivity index (χ2n) is 4.76. The van der Waals surface area contributed by atoms with Gasteiger partial charge in [-0.2, -0.15) is 0 Å². The Morgan fingerprint density at radius 3 is 2.57 bits per heavy atom. The Labute approximate surface area is 132 Å². The molecule has 23 heavy (non-hydrogen) atoms. The SMILES string of the molecule is CCOc1ccc(CC(=O)Nc2cc([N+](=O)[O-])ccc2O)cc1. The number of nitro benzene ring substituents is 1. The van der Waals surface area contributed by atoms with Crippen LogP contribution >= 0.6 is 0 Å². The lowest BCUT2D eigenvalue weighted by Crippen LogP contribution is -2.14. The van der Waals surface area contributed by atoms with Crippen LogP contribution in [0.5, 0.6) is 11.5 Å². The third kappa shape index (κ3) is 4.44. The number of aromatic hydroxyl groups is 1. The topological polar surface area (TPSA) is 102 Å². The second kappa shape index (κ2) is 7.26. The zero-order chi connectivity index (χ0) is 16.8. The van der Waals surface area contributed by atoms with Gasteiger partial charge in [0.15, 0.2) is 0 Å². The van der Waals surface area contributed by atoms with Crippen LogP contribution in [0.15, 0.2) is 42.5 Å². The van der Waals surface area contributed by atoms with Gasteiger partial charge in [0, 0.05) is 12.1 Å². The Morgan fingerprint density at radius 2 is 1.96 bits per heavy atom. The van der Waals surface area contributed by atoms with E-state index in [0.29, 0.717) is 12.4 Å². The van der Waals surface area contributed by atoms with Crippen molar-refractivity contribution in [3.05, 3.63) is 58.1 Å². The molecular formula is C16H16N2O5. The summed E-state index contributed by atoms with van der Waals surface area (Å²) in [5.41, 5.74) is 0.560. The van der Waals surface area contributed by atoms with E-state index in [4.69, 9.17) is 4.74 Å². The minimum Gasteiger partial charge on any atom is -0.506 e. The Kier molecular flexibility index (Phi) is 5.14. The number of phenolic OH excluding ortho intramolecular Hbond substituents is 1. The van der Waals surface area contributed by atoms with Crippen molar-refractivity contribution in [2.45, 2.75) is 13.3 Å². The van der Waals surface area contributed by atoms with Crippen molar-refractivity contribution in [1.82, 2.24) is 0 Å². The number of ether oxygens (including phenoxy) is 1.